The van der Waals surface area contributed by atoms with Crippen molar-refractivity contribution < 1.29 is 14.0 Å². The molecule has 0 aliphatic heterocycles. The summed E-state index contributed by atoms with van der Waals surface area (Å²) in [5, 5.41) is 7.96. The number of anilines is 2. The molecule has 0 saturated carbocycles. The number of halogens is 1. The first-order chi connectivity index (χ1) is 15.1. The summed E-state index contributed by atoms with van der Waals surface area (Å²) >= 11 is 1.43. The van der Waals surface area contributed by atoms with Crippen molar-refractivity contribution in [2.45, 2.75) is 19.3 Å². The number of nitrogens with one attached hydrogen (secondary N) is 2. The zero-order valence-electron chi connectivity index (χ0n) is 16.6. The van der Waals surface area contributed by atoms with Gasteiger partial charge in [-0.15, -0.1) is 11.3 Å². The van der Waals surface area contributed by atoms with E-state index >= 15 is 0 Å². The molecule has 1 aromatic heterocycles. The highest BCUT2D eigenvalue weighted by molar-refractivity contribution is 7.17. The lowest BCUT2D eigenvalue weighted by atomic mass is 10.0. The van der Waals surface area contributed by atoms with Crippen molar-refractivity contribution in [1.29, 1.82) is 0 Å². The van der Waals surface area contributed by atoms with Gasteiger partial charge in [-0.2, -0.15) is 0 Å². The number of para-hydroxylation sites is 1. The Morgan fingerprint density at radius 3 is 2.48 bits per heavy atom. The van der Waals surface area contributed by atoms with Crippen LogP contribution in [0.3, 0.4) is 0 Å². The Kier molecular flexibility index (Phi) is 5.00. The molecule has 5 rings (SSSR count). The van der Waals surface area contributed by atoms with Gasteiger partial charge >= 0.3 is 0 Å². The van der Waals surface area contributed by atoms with Gasteiger partial charge in [0.15, 0.2) is 0 Å². The van der Waals surface area contributed by atoms with E-state index in [1.165, 1.54) is 23.5 Å². The molecular weight excluding hydrogens is 411 g/mol. The molecule has 3 aromatic carbocycles. The van der Waals surface area contributed by atoms with Crippen molar-refractivity contribution in [3.05, 3.63) is 94.1 Å². The summed E-state index contributed by atoms with van der Waals surface area (Å²) in [6.45, 7) is 0. The fraction of sp³-hybridized carbons (Fsp3) is 0.120. The Morgan fingerprint density at radius 1 is 0.839 bits per heavy atom. The lowest BCUT2D eigenvalue weighted by Gasteiger charge is -2.11. The first kappa shape index (κ1) is 19.5. The van der Waals surface area contributed by atoms with Crippen LogP contribution in [0.15, 0.2) is 66.7 Å². The second-order valence-electron chi connectivity index (χ2n) is 7.48. The molecule has 1 aliphatic carbocycles. The third-order valence-corrected chi connectivity index (χ3v) is 6.74. The molecule has 0 atom stereocenters. The molecule has 4 nitrogen and oxygen atoms in total. The van der Waals surface area contributed by atoms with Crippen LogP contribution in [0.4, 0.5) is 15.1 Å². The van der Waals surface area contributed by atoms with E-state index in [-0.39, 0.29) is 11.6 Å². The van der Waals surface area contributed by atoms with Crippen LogP contribution in [0.25, 0.3) is 10.8 Å². The number of amides is 2. The monoisotopic (exact) mass is 430 g/mol. The molecule has 0 radical (unpaired) electrons. The van der Waals surface area contributed by atoms with Crippen LogP contribution in [-0.2, 0) is 12.8 Å². The minimum atomic E-state index is -0.496. The summed E-state index contributed by atoms with van der Waals surface area (Å²) in [7, 11) is 0. The first-order valence-corrected chi connectivity index (χ1v) is 10.9. The van der Waals surface area contributed by atoms with Gasteiger partial charge in [0.05, 0.1) is 11.3 Å². The molecule has 0 fully saturated rings. The lowest BCUT2D eigenvalue weighted by molar-refractivity contribution is 0.102. The molecule has 2 N–H and O–H groups in total. The quantitative estimate of drug-likeness (QED) is 0.415. The van der Waals surface area contributed by atoms with Crippen LogP contribution in [0.5, 0.6) is 0 Å². The Morgan fingerprint density at radius 2 is 1.61 bits per heavy atom. The fourth-order valence-electron chi connectivity index (χ4n) is 4.07. The number of benzene rings is 3. The maximum Gasteiger partial charge on any atom is 0.259 e. The van der Waals surface area contributed by atoms with E-state index in [0.29, 0.717) is 16.1 Å². The number of rotatable bonds is 4. The third kappa shape index (κ3) is 3.59. The molecule has 6 heteroatoms. The Balaban J connectivity index is 1.49. The average Bonchev–Trinajstić information content (AvgIpc) is 3.35. The van der Waals surface area contributed by atoms with E-state index in [2.05, 4.69) is 10.6 Å². The first-order valence-electron chi connectivity index (χ1n) is 10.1. The summed E-state index contributed by atoms with van der Waals surface area (Å²) in [5.74, 6) is -1.17. The van der Waals surface area contributed by atoms with Crippen molar-refractivity contribution in [1.82, 2.24) is 0 Å². The van der Waals surface area contributed by atoms with Crippen LogP contribution in [0.1, 0.15) is 37.6 Å². The van der Waals surface area contributed by atoms with E-state index in [9.17, 15) is 14.0 Å². The molecule has 0 unspecified atom stereocenters. The zero-order chi connectivity index (χ0) is 21.4. The summed E-state index contributed by atoms with van der Waals surface area (Å²) in [6, 6.07) is 19.3. The van der Waals surface area contributed by atoms with Crippen LogP contribution >= 0.6 is 11.3 Å². The van der Waals surface area contributed by atoms with Gasteiger partial charge in [-0.1, -0.05) is 48.5 Å². The maximum atomic E-state index is 14.1. The number of aryl methyl sites for hydroxylation is 1. The summed E-state index contributed by atoms with van der Waals surface area (Å²) < 4.78 is 14.1. The van der Waals surface area contributed by atoms with E-state index in [4.69, 9.17) is 0 Å². The van der Waals surface area contributed by atoms with Gasteiger partial charge in [-0.25, -0.2) is 4.39 Å². The highest BCUT2D eigenvalue weighted by Crippen LogP contribution is 2.40. The van der Waals surface area contributed by atoms with Crippen molar-refractivity contribution in [3.63, 3.8) is 0 Å². The number of carbonyl (C=O) groups excluding carboxylic acids is 2. The predicted molar refractivity (Wildman–Crippen MR) is 123 cm³/mol. The predicted octanol–water partition coefficient (Wildman–Crippen LogP) is 6.03. The van der Waals surface area contributed by atoms with Crippen LogP contribution in [-0.4, -0.2) is 11.8 Å². The number of thiophene rings is 1. The standard InChI is InChI=1S/C25H19FN2O2S/c26-19-12-3-4-13-20(19)27-24(30)22-18-11-6-14-21(18)31-25(22)28-23(29)17-10-5-8-15-7-1-2-9-16(15)17/h1-5,7-10,12-13H,6,11,14H2,(H,27,30)(H,28,29). The average molecular weight is 431 g/mol. The highest BCUT2D eigenvalue weighted by Gasteiger charge is 2.28. The van der Waals surface area contributed by atoms with E-state index in [0.717, 1.165) is 40.5 Å². The smallest absolute Gasteiger partial charge is 0.259 e. The van der Waals surface area contributed by atoms with E-state index in [1.807, 2.05) is 36.4 Å². The van der Waals surface area contributed by atoms with Gasteiger partial charge < -0.3 is 10.6 Å². The molecule has 2 amide bonds. The van der Waals surface area contributed by atoms with E-state index < -0.39 is 11.7 Å². The topological polar surface area (TPSA) is 58.2 Å². The number of fused-ring (bicyclic) bond motifs is 2. The minimum Gasteiger partial charge on any atom is -0.319 e. The zero-order valence-corrected chi connectivity index (χ0v) is 17.4. The van der Waals surface area contributed by atoms with E-state index in [1.54, 1.807) is 18.2 Å². The summed E-state index contributed by atoms with van der Waals surface area (Å²) in [6.07, 6.45) is 2.62. The van der Waals surface area contributed by atoms with Gasteiger partial charge in [-0.3, -0.25) is 9.59 Å². The molecular formula is C25H19FN2O2S. The molecule has 0 saturated heterocycles. The van der Waals surface area contributed by atoms with Crippen LogP contribution in [0, 0.1) is 5.82 Å². The molecule has 0 bridgehead atoms. The molecule has 0 spiro atoms. The van der Waals surface area contributed by atoms with Crippen molar-refractivity contribution >= 4 is 44.6 Å². The van der Waals surface area contributed by atoms with Crippen molar-refractivity contribution in [3.8, 4) is 0 Å². The molecule has 1 aliphatic rings. The molecule has 154 valence electrons. The van der Waals surface area contributed by atoms with Gasteiger partial charge in [0.25, 0.3) is 11.8 Å². The molecule has 4 aromatic rings. The number of hydrogen-bond donors (Lipinski definition) is 2. The minimum absolute atomic E-state index is 0.122. The third-order valence-electron chi connectivity index (χ3n) is 5.53. The SMILES string of the molecule is O=C(Nc1ccccc1F)c1c(NC(=O)c2cccc3ccccc23)sc2c1CCC2. The Bertz CT molecular complexity index is 1320. The molecule has 31 heavy (non-hydrogen) atoms. The Labute approximate surface area is 182 Å². The van der Waals surface area contributed by atoms with Crippen LogP contribution < -0.4 is 10.6 Å². The highest BCUT2D eigenvalue weighted by atomic mass is 32.1. The fourth-order valence-corrected chi connectivity index (χ4v) is 5.36. The summed E-state index contributed by atoms with van der Waals surface area (Å²) in [5.41, 5.74) is 2.06. The van der Waals surface area contributed by atoms with Gasteiger partial charge in [-0.05, 0) is 53.8 Å². The number of hydrogen-bond acceptors (Lipinski definition) is 3. The largest absolute Gasteiger partial charge is 0.319 e. The number of carbonyl (C=O) groups is 2. The van der Waals surface area contributed by atoms with Gasteiger partial charge in [0.2, 0.25) is 0 Å². The molecule has 1 heterocycles. The van der Waals surface area contributed by atoms with Crippen molar-refractivity contribution in [2.24, 2.45) is 0 Å². The normalized spacial score (nSPS) is 12.5. The van der Waals surface area contributed by atoms with Gasteiger partial charge in [0.1, 0.15) is 10.8 Å². The Hall–Kier alpha value is -3.51. The maximum absolute atomic E-state index is 14.1. The second-order valence-corrected chi connectivity index (χ2v) is 8.58. The van der Waals surface area contributed by atoms with Crippen molar-refractivity contribution in [2.75, 3.05) is 10.6 Å². The lowest BCUT2D eigenvalue weighted by Crippen LogP contribution is -2.18. The van der Waals surface area contributed by atoms with Crippen LogP contribution in [0.2, 0.25) is 0 Å². The van der Waals surface area contributed by atoms with Gasteiger partial charge in [0, 0.05) is 10.4 Å². The summed E-state index contributed by atoms with van der Waals surface area (Å²) in [4.78, 5) is 27.4. The second kappa shape index (κ2) is 7.96.